The van der Waals surface area contributed by atoms with Crippen LogP contribution >= 0.6 is 0 Å². The predicted octanol–water partition coefficient (Wildman–Crippen LogP) is 3.79. The zero-order valence-corrected chi connectivity index (χ0v) is 16.5. The van der Waals surface area contributed by atoms with Gasteiger partial charge >= 0.3 is 5.97 Å². The quantitative estimate of drug-likeness (QED) is 0.730. The molecule has 152 valence electrons. The molecule has 2 atom stereocenters. The fraction of sp³-hybridized carbons (Fsp3) is 0.348. The van der Waals surface area contributed by atoms with Crippen molar-refractivity contribution in [1.82, 2.24) is 5.32 Å². The second-order valence-electron chi connectivity index (χ2n) is 7.38. The first kappa shape index (κ1) is 20.6. The molecule has 6 nitrogen and oxygen atoms in total. The Kier molecular flexibility index (Phi) is 7.00. The van der Waals surface area contributed by atoms with E-state index >= 15 is 0 Å². The average Bonchev–Trinajstić information content (AvgIpc) is 2.74. The standard InChI is InChI=1S/C23H26N2O4/c1-16-9-5-7-13-19(16)24-21(26)15-29-23(28)18-12-6-8-14-20(18)25-22(27)17-10-3-2-4-11-17/h2-4,6,8,10-12,14,16,19H,5,7,9,13,15H2,1H3,(H,24,26)(H,25,27)/t16-,19-/m0/s1. The van der Waals surface area contributed by atoms with Gasteiger partial charge in [-0.3, -0.25) is 9.59 Å². The lowest BCUT2D eigenvalue weighted by Gasteiger charge is -2.29. The number of nitrogens with one attached hydrogen (secondary N) is 2. The minimum absolute atomic E-state index is 0.132. The Bertz CT molecular complexity index is 866. The lowest BCUT2D eigenvalue weighted by atomic mass is 9.86. The fourth-order valence-electron chi connectivity index (χ4n) is 3.54. The molecular weight excluding hydrogens is 368 g/mol. The van der Waals surface area contributed by atoms with Crippen LogP contribution in [0.2, 0.25) is 0 Å². The number of para-hydroxylation sites is 1. The van der Waals surface area contributed by atoms with Crippen LogP contribution in [0.4, 0.5) is 5.69 Å². The smallest absolute Gasteiger partial charge is 0.340 e. The fourth-order valence-corrected chi connectivity index (χ4v) is 3.54. The van der Waals surface area contributed by atoms with Crippen molar-refractivity contribution in [1.29, 1.82) is 0 Å². The van der Waals surface area contributed by atoms with E-state index in [1.54, 1.807) is 48.5 Å². The van der Waals surface area contributed by atoms with Crippen LogP contribution in [-0.4, -0.2) is 30.4 Å². The van der Waals surface area contributed by atoms with Crippen LogP contribution < -0.4 is 10.6 Å². The lowest BCUT2D eigenvalue weighted by molar-refractivity contribution is -0.125. The Balaban J connectivity index is 1.58. The van der Waals surface area contributed by atoms with Crippen LogP contribution in [0.5, 0.6) is 0 Å². The van der Waals surface area contributed by atoms with Crippen molar-refractivity contribution >= 4 is 23.5 Å². The Morgan fingerprint density at radius 3 is 2.41 bits per heavy atom. The zero-order valence-electron chi connectivity index (χ0n) is 16.5. The number of hydrogen-bond acceptors (Lipinski definition) is 4. The Morgan fingerprint density at radius 1 is 0.966 bits per heavy atom. The molecule has 2 amide bonds. The van der Waals surface area contributed by atoms with Crippen LogP contribution in [0, 0.1) is 5.92 Å². The maximum absolute atomic E-state index is 12.5. The molecule has 29 heavy (non-hydrogen) atoms. The second-order valence-corrected chi connectivity index (χ2v) is 7.38. The third-order valence-corrected chi connectivity index (χ3v) is 5.22. The van der Waals surface area contributed by atoms with Crippen molar-refractivity contribution in [2.24, 2.45) is 5.92 Å². The summed E-state index contributed by atoms with van der Waals surface area (Å²) in [5.41, 5.74) is 1.03. The van der Waals surface area contributed by atoms with Crippen molar-refractivity contribution < 1.29 is 19.1 Å². The highest BCUT2D eigenvalue weighted by Crippen LogP contribution is 2.23. The summed E-state index contributed by atoms with van der Waals surface area (Å²) in [7, 11) is 0. The minimum atomic E-state index is -0.652. The van der Waals surface area contributed by atoms with Crippen molar-refractivity contribution in [2.75, 3.05) is 11.9 Å². The van der Waals surface area contributed by atoms with E-state index in [0.717, 1.165) is 19.3 Å². The highest BCUT2D eigenvalue weighted by Gasteiger charge is 2.23. The molecule has 6 heteroatoms. The maximum atomic E-state index is 12.5. The topological polar surface area (TPSA) is 84.5 Å². The summed E-state index contributed by atoms with van der Waals surface area (Å²) in [5.74, 6) is -0.851. The summed E-state index contributed by atoms with van der Waals surface area (Å²) in [6.07, 6.45) is 4.34. The van der Waals surface area contributed by atoms with Gasteiger partial charge in [-0.25, -0.2) is 4.79 Å². The van der Waals surface area contributed by atoms with E-state index in [2.05, 4.69) is 17.6 Å². The minimum Gasteiger partial charge on any atom is -0.452 e. The van der Waals surface area contributed by atoms with Crippen molar-refractivity contribution in [3.8, 4) is 0 Å². The first-order chi connectivity index (χ1) is 14.0. The monoisotopic (exact) mass is 394 g/mol. The molecule has 1 saturated carbocycles. The molecule has 0 saturated heterocycles. The largest absolute Gasteiger partial charge is 0.452 e. The number of carbonyl (C=O) groups excluding carboxylic acids is 3. The molecule has 2 N–H and O–H groups in total. The number of rotatable bonds is 6. The number of ether oxygens (including phenoxy) is 1. The van der Waals surface area contributed by atoms with Gasteiger partial charge in [-0.15, -0.1) is 0 Å². The van der Waals surface area contributed by atoms with Gasteiger partial charge in [0.25, 0.3) is 11.8 Å². The van der Waals surface area contributed by atoms with Gasteiger partial charge in [-0.2, -0.15) is 0 Å². The Labute approximate surface area is 170 Å². The molecule has 0 radical (unpaired) electrons. The first-order valence-corrected chi connectivity index (χ1v) is 9.96. The van der Waals surface area contributed by atoms with Gasteiger partial charge in [-0.1, -0.05) is 50.1 Å². The second kappa shape index (κ2) is 9.87. The van der Waals surface area contributed by atoms with Crippen molar-refractivity contribution in [3.63, 3.8) is 0 Å². The lowest BCUT2D eigenvalue weighted by Crippen LogP contribution is -2.42. The molecule has 0 aliphatic heterocycles. The Morgan fingerprint density at radius 2 is 1.66 bits per heavy atom. The average molecular weight is 394 g/mol. The third kappa shape index (κ3) is 5.67. The van der Waals surface area contributed by atoms with Gasteiger partial charge in [0.2, 0.25) is 0 Å². The first-order valence-electron chi connectivity index (χ1n) is 9.96. The molecule has 0 bridgehead atoms. The van der Waals surface area contributed by atoms with E-state index in [4.69, 9.17) is 4.74 Å². The van der Waals surface area contributed by atoms with Crippen LogP contribution in [0.15, 0.2) is 54.6 Å². The SMILES string of the molecule is C[C@H]1CCCC[C@@H]1NC(=O)COC(=O)c1ccccc1NC(=O)c1ccccc1. The summed E-state index contributed by atoms with van der Waals surface area (Å²) in [6, 6.07) is 15.4. The van der Waals surface area contributed by atoms with Crippen LogP contribution in [-0.2, 0) is 9.53 Å². The van der Waals surface area contributed by atoms with E-state index in [9.17, 15) is 14.4 Å². The molecule has 1 aliphatic rings. The number of esters is 1. The van der Waals surface area contributed by atoms with E-state index in [0.29, 0.717) is 17.2 Å². The van der Waals surface area contributed by atoms with Crippen LogP contribution in [0.25, 0.3) is 0 Å². The number of anilines is 1. The molecule has 3 rings (SSSR count). The zero-order chi connectivity index (χ0) is 20.6. The normalized spacial score (nSPS) is 18.5. The molecule has 0 aromatic heterocycles. The highest BCUT2D eigenvalue weighted by molar-refractivity contribution is 6.08. The van der Waals surface area contributed by atoms with Gasteiger partial charge in [-0.05, 0) is 43.0 Å². The highest BCUT2D eigenvalue weighted by atomic mass is 16.5. The molecular formula is C23H26N2O4. The van der Waals surface area contributed by atoms with Gasteiger partial charge in [0.15, 0.2) is 6.61 Å². The molecule has 1 fully saturated rings. The summed E-state index contributed by atoms with van der Waals surface area (Å²) in [5, 5.41) is 5.68. The summed E-state index contributed by atoms with van der Waals surface area (Å²) < 4.78 is 5.19. The molecule has 0 spiro atoms. The van der Waals surface area contributed by atoms with Crippen LogP contribution in [0.3, 0.4) is 0 Å². The van der Waals surface area contributed by atoms with E-state index < -0.39 is 5.97 Å². The molecule has 0 unspecified atom stereocenters. The van der Waals surface area contributed by atoms with E-state index in [-0.39, 0.29) is 30.0 Å². The van der Waals surface area contributed by atoms with Gasteiger partial charge in [0.1, 0.15) is 0 Å². The van der Waals surface area contributed by atoms with Gasteiger partial charge in [0.05, 0.1) is 11.3 Å². The molecule has 2 aromatic rings. The van der Waals surface area contributed by atoms with Crippen molar-refractivity contribution in [2.45, 2.75) is 38.6 Å². The van der Waals surface area contributed by atoms with Gasteiger partial charge < -0.3 is 15.4 Å². The summed E-state index contributed by atoms with van der Waals surface area (Å²) in [6.45, 7) is 1.78. The predicted molar refractivity (Wildman–Crippen MR) is 111 cm³/mol. The number of benzene rings is 2. The number of carbonyl (C=O) groups is 3. The van der Waals surface area contributed by atoms with Gasteiger partial charge in [0, 0.05) is 11.6 Å². The van der Waals surface area contributed by atoms with Crippen LogP contribution in [0.1, 0.15) is 53.3 Å². The molecule has 0 heterocycles. The molecule has 1 aliphatic carbocycles. The summed E-state index contributed by atoms with van der Waals surface area (Å²) >= 11 is 0. The summed E-state index contributed by atoms with van der Waals surface area (Å²) in [4.78, 5) is 37.1. The number of amides is 2. The van der Waals surface area contributed by atoms with E-state index in [1.165, 1.54) is 6.42 Å². The number of hydrogen-bond donors (Lipinski definition) is 2. The molecule has 2 aromatic carbocycles. The van der Waals surface area contributed by atoms with Crippen molar-refractivity contribution in [3.05, 3.63) is 65.7 Å². The Hall–Kier alpha value is -3.15. The third-order valence-electron chi connectivity index (χ3n) is 5.22. The maximum Gasteiger partial charge on any atom is 0.340 e. The van der Waals surface area contributed by atoms with E-state index in [1.807, 2.05) is 6.07 Å².